The standard InChI is InChI=1S/C24H23ClN2O7S/c1-16-14-21(12-13-22(16)25)35(31,32)26-19(7-6-17-4-2-3-5-23(17)26)15-33-24(28)34-20-10-8-18(9-11-20)27(29)30/h2-5,8-13,16,19H,6-7,14-15H2,1H3/p+1. The number of para-hydroxylation sites is 1. The minimum Gasteiger partial charge on any atom is -0.336 e. The van der Waals surface area contributed by atoms with Gasteiger partial charge in [0.1, 0.15) is 0 Å². The molecule has 0 aromatic heterocycles. The summed E-state index contributed by atoms with van der Waals surface area (Å²) in [6.45, 7) is 1.71. The Kier molecular flexibility index (Phi) is 7.13. The Hall–Kier alpha value is -3.37. The number of anilines is 1. The summed E-state index contributed by atoms with van der Waals surface area (Å²) in [5.74, 6) is 0.0187. The van der Waals surface area contributed by atoms with Crippen molar-refractivity contribution in [3.05, 3.63) is 86.3 Å². The highest BCUT2D eigenvalue weighted by Crippen LogP contribution is 2.38. The van der Waals surface area contributed by atoms with Crippen LogP contribution in [0.15, 0.2) is 70.6 Å². The van der Waals surface area contributed by atoms with E-state index in [1.54, 1.807) is 18.2 Å². The Labute approximate surface area is 207 Å². The van der Waals surface area contributed by atoms with Crippen molar-refractivity contribution in [3.8, 4) is 5.75 Å². The number of hydrogen-bond acceptors (Lipinski definition) is 6. The number of rotatable bonds is 6. The average Bonchev–Trinajstić information content (AvgIpc) is 2.84. The van der Waals surface area contributed by atoms with Gasteiger partial charge in [-0.25, -0.2) is 8.42 Å². The Morgan fingerprint density at radius 2 is 1.91 bits per heavy atom. The van der Waals surface area contributed by atoms with Crippen molar-refractivity contribution in [2.75, 3.05) is 10.9 Å². The summed E-state index contributed by atoms with van der Waals surface area (Å²) < 4.78 is 39.5. The predicted octanol–water partition coefficient (Wildman–Crippen LogP) is 4.65. The second-order valence-electron chi connectivity index (χ2n) is 8.34. The molecule has 0 fully saturated rings. The highest BCUT2D eigenvalue weighted by atomic mass is 35.5. The van der Waals surface area contributed by atoms with Gasteiger partial charge < -0.3 is 9.53 Å². The van der Waals surface area contributed by atoms with Crippen LogP contribution in [0.2, 0.25) is 0 Å². The van der Waals surface area contributed by atoms with Gasteiger partial charge in [0, 0.05) is 29.3 Å². The Morgan fingerprint density at radius 1 is 1.20 bits per heavy atom. The van der Waals surface area contributed by atoms with E-state index in [0.717, 1.165) is 5.56 Å². The van der Waals surface area contributed by atoms with E-state index in [9.17, 15) is 23.3 Å². The van der Waals surface area contributed by atoms with Crippen molar-refractivity contribution in [1.82, 2.24) is 0 Å². The van der Waals surface area contributed by atoms with Gasteiger partial charge in [-0.2, -0.15) is 0 Å². The van der Waals surface area contributed by atoms with E-state index < -0.39 is 27.1 Å². The van der Waals surface area contributed by atoms with Crippen molar-refractivity contribution < 1.29 is 27.6 Å². The SMILES string of the molecule is CC1CC(S(=O)(=O)N2c3ccccc3CCC2COC(=[OH+])Oc2ccc([N+](=O)[O-])cc2)=CC=C1Cl. The zero-order chi connectivity index (χ0) is 25.2. The highest BCUT2D eigenvalue weighted by molar-refractivity contribution is 7.96. The number of aryl methyl sites for hydroxylation is 1. The third kappa shape index (κ3) is 5.33. The molecule has 35 heavy (non-hydrogen) atoms. The molecular weight excluding hydrogens is 496 g/mol. The Bertz CT molecular complexity index is 1310. The number of carbonyl (C=O) groups excluding carboxylic acids is 1. The number of sulfonamides is 1. The fourth-order valence-corrected chi connectivity index (χ4v) is 6.19. The zero-order valence-corrected chi connectivity index (χ0v) is 20.4. The molecule has 9 nitrogen and oxygen atoms in total. The smallest absolute Gasteiger partial charge is 0.336 e. The average molecular weight is 520 g/mol. The molecule has 1 aliphatic heterocycles. The van der Waals surface area contributed by atoms with E-state index in [2.05, 4.69) is 0 Å². The third-order valence-corrected chi connectivity index (χ3v) is 8.43. The fraction of sp³-hybridized carbons (Fsp3) is 0.292. The van der Waals surface area contributed by atoms with E-state index in [4.69, 9.17) is 21.1 Å². The molecule has 4 rings (SSSR count). The van der Waals surface area contributed by atoms with Crippen LogP contribution in [0.1, 0.15) is 25.3 Å². The van der Waals surface area contributed by atoms with Gasteiger partial charge in [0.25, 0.3) is 15.7 Å². The summed E-state index contributed by atoms with van der Waals surface area (Å²) >= 11 is 6.16. The van der Waals surface area contributed by atoms with Gasteiger partial charge in [-0.1, -0.05) is 36.7 Å². The van der Waals surface area contributed by atoms with E-state index in [1.165, 1.54) is 34.6 Å². The molecule has 0 spiro atoms. The summed E-state index contributed by atoms with van der Waals surface area (Å²) in [6, 6.07) is 11.8. The number of allylic oxidation sites excluding steroid dienone is 4. The summed E-state index contributed by atoms with van der Waals surface area (Å²) in [7, 11) is -3.91. The van der Waals surface area contributed by atoms with Crippen molar-refractivity contribution >= 4 is 39.2 Å². The first-order chi connectivity index (χ1) is 16.7. The molecular formula is C24H24ClN2O7S+. The lowest BCUT2D eigenvalue weighted by Gasteiger charge is -2.37. The van der Waals surface area contributed by atoms with Gasteiger partial charge >= 0.3 is 6.16 Å². The molecule has 0 amide bonds. The molecule has 1 heterocycles. The summed E-state index contributed by atoms with van der Waals surface area (Å²) in [5, 5.41) is 11.4. The fourth-order valence-electron chi connectivity index (χ4n) is 4.11. The molecule has 184 valence electrons. The second kappa shape index (κ2) is 10.1. The lowest BCUT2D eigenvalue weighted by Crippen LogP contribution is -2.47. The molecule has 0 bridgehead atoms. The molecule has 2 aromatic rings. The molecule has 0 radical (unpaired) electrons. The molecule has 0 saturated heterocycles. The molecule has 2 aliphatic rings. The van der Waals surface area contributed by atoms with Crippen molar-refractivity contribution in [1.29, 1.82) is 0 Å². The predicted molar refractivity (Wildman–Crippen MR) is 132 cm³/mol. The minimum atomic E-state index is -3.91. The monoisotopic (exact) mass is 519 g/mol. The number of hydrogen-bond donors (Lipinski definition) is 0. The van der Waals surface area contributed by atoms with Gasteiger partial charge in [-0.15, -0.1) is 0 Å². The third-order valence-electron chi connectivity index (χ3n) is 5.96. The summed E-state index contributed by atoms with van der Waals surface area (Å²) in [4.78, 5) is 20.6. The first kappa shape index (κ1) is 24.7. The van der Waals surface area contributed by atoms with E-state index >= 15 is 0 Å². The van der Waals surface area contributed by atoms with Gasteiger partial charge in [-0.05, 0) is 49.0 Å². The van der Waals surface area contributed by atoms with Crippen LogP contribution in [0.3, 0.4) is 0 Å². The van der Waals surface area contributed by atoms with E-state index in [0.29, 0.717) is 23.6 Å². The minimum absolute atomic E-state index is 0.117. The van der Waals surface area contributed by atoms with Gasteiger partial charge in [0.2, 0.25) is 5.75 Å². The van der Waals surface area contributed by atoms with E-state index in [1.807, 2.05) is 19.1 Å². The topological polar surface area (TPSA) is 120 Å². The molecule has 1 N–H and O–H groups in total. The number of ether oxygens (including phenoxy) is 2. The number of nitrogens with zero attached hydrogens (tertiary/aromatic N) is 2. The van der Waals surface area contributed by atoms with Gasteiger partial charge in [0.15, 0.2) is 6.61 Å². The number of fused-ring (bicyclic) bond motifs is 1. The van der Waals surface area contributed by atoms with Crippen LogP contribution in [0.25, 0.3) is 0 Å². The first-order valence-electron chi connectivity index (χ1n) is 11.0. The van der Waals surface area contributed by atoms with Crippen molar-refractivity contribution in [3.63, 3.8) is 0 Å². The maximum absolute atomic E-state index is 13.8. The van der Waals surface area contributed by atoms with Crippen LogP contribution >= 0.6 is 11.6 Å². The number of halogens is 1. The maximum atomic E-state index is 13.8. The quantitative estimate of drug-likeness (QED) is 0.180. The van der Waals surface area contributed by atoms with Gasteiger partial charge in [-0.3, -0.25) is 19.2 Å². The van der Waals surface area contributed by atoms with Crippen LogP contribution in [0, 0.1) is 16.0 Å². The zero-order valence-electron chi connectivity index (χ0n) is 18.8. The number of benzene rings is 2. The number of nitro groups is 1. The Balaban J connectivity index is 1.53. The molecule has 1 aliphatic carbocycles. The van der Waals surface area contributed by atoms with Crippen molar-refractivity contribution in [2.45, 2.75) is 32.2 Å². The summed E-state index contributed by atoms with van der Waals surface area (Å²) in [5.41, 5.74) is 1.35. The molecule has 11 heteroatoms. The second-order valence-corrected chi connectivity index (χ2v) is 10.6. The lowest BCUT2D eigenvalue weighted by atomic mass is 9.98. The molecule has 0 saturated carbocycles. The van der Waals surface area contributed by atoms with Crippen LogP contribution in [-0.4, -0.2) is 36.9 Å². The van der Waals surface area contributed by atoms with Crippen molar-refractivity contribution in [2.24, 2.45) is 5.92 Å². The lowest BCUT2D eigenvalue weighted by molar-refractivity contribution is -0.384. The maximum Gasteiger partial charge on any atom is 0.718 e. The number of nitro benzene ring substituents is 1. The first-order valence-corrected chi connectivity index (χ1v) is 12.8. The number of non-ortho nitro benzene ring substituents is 1. The van der Waals surface area contributed by atoms with Crippen LogP contribution < -0.4 is 9.04 Å². The molecule has 2 atom stereocenters. The largest absolute Gasteiger partial charge is 0.718 e. The molecule has 2 aromatic carbocycles. The normalized spacial score (nSPS) is 19.8. The molecule has 2 unspecified atom stereocenters. The van der Waals surface area contributed by atoms with E-state index in [-0.39, 0.29) is 35.3 Å². The highest BCUT2D eigenvalue weighted by Gasteiger charge is 2.40. The Morgan fingerprint density at radius 3 is 2.60 bits per heavy atom. The van der Waals surface area contributed by atoms with Crippen LogP contribution in [0.5, 0.6) is 5.75 Å². The van der Waals surface area contributed by atoms with Crippen LogP contribution in [-0.2, 0) is 21.2 Å². The summed E-state index contributed by atoms with van der Waals surface area (Å²) in [6.07, 6.45) is 3.76. The van der Waals surface area contributed by atoms with Crippen LogP contribution in [0.4, 0.5) is 11.4 Å². The van der Waals surface area contributed by atoms with Gasteiger partial charge in [0.05, 0.1) is 21.6 Å².